The van der Waals surface area contributed by atoms with Crippen molar-refractivity contribution in [3.05, 3.63) is 0 Å². The number of nitrogens with zero attached hydrogens (tertiary/aromatic N) is 6. The Bertz CT molecular complexity index is 112. The maximum atomic E-state index is 6.50. The topological polar surface area (TPSA) is 143 Å². The molecular formula is C6H8CaFeN6Zn. The fraction of sp³-hybridized carbons (Fsp3) is 0. The second-order valence-electron chi connectivity index (χ2n) is 0. The van der Waals surface area contributed by atoms with Gasteiger partial charge in [-0.1, -0.05) is 0 Å². The number of hydrogen-bond acceptors (Lipinski definition) is 6. The monoisotopic (exact) mass is 324 g/mol. The summed E-state index contributed by atoms with van der Waals surface area (Å²) in [5, 5.41) is 39.0. The molecular weight excluding hydrogens is 317 g/mol. The standard InChI is InChI=1S/6CHN.Ca.Fe.Zn.2H/c6*1-2;;;;;/h6*1H;;;;;/q;;;;;;+2;;;2*-1. The largest absolute Gasteiger partial charge is 2.00 e. The van der Waals surface area contributed by atoms with E-state index in [1.807, 2.05) is 0 Å². The molecule has 0 spiro atoms. The van der Waals surface area contributed by atoms with Gasteiger partial charge < -0.3 is 2.85 Å². The Labute approximate surface area is 147 Å². The van der Waals surface area contributed by atoms with Crippen molar-refractivity contribution in [1.82, 2.24) is 0 Å². The van der Waals surface area contributed by atoms with Gasteiger partial charge in [0, 0.05) is 76.0 Å². The molecule has 0 aromatic heterocycles. The van der Waals surface area contributed by atoms with Crippen molar-refractivity contribution < 1.29 is 39.4 Å². The summed E-state index contributed by atoms with van der Waals surface area (Å²) < 4.78 is 0. The summed E-state index contributed by atoms with van der Waals surface area (Å²) in [6.45, 7) is 21.0. The Hall–Kier alpha value is -0.657. The zero-order valence-electron chi connectivity index (χ0n) is 9.92. The van der Waals surface area contributed by atoms with Gasteiger partial charge >= 0.3 is 37.7 Å². The Morgan fingerprint density at radius 1 is 0.467 bits per heavy atom. The summed E-state index contributed by atoms with van der Waals surface area (Å²) >= 11 is 0. The van der Waals surface area contributed by atoms with Crippen LogP contribution in [0.25, 0.3) is 0 Å². The van der Waals surface area contributed by atoms with E-state index in [4.69, 9.17) is 31.6 Å². The minimum Gasteiger partial charge on any atom is -1.00 e. The first-order valence-electron chi connectivity index (χ1n) is 1.55. The van der Waals surface area contributed by atoms with E-state index in [1.165, 1.54) is 0 Å². The Morgan fingerprint density at radius 2 is 0.467 bits per heavy atom. The quantitative estimate of drug-likeness (QED) is 0.599. The van der Waals surface area contributed by atoms with Crippen LogP contribution in [0.1, 0.15) is 2.85 Å². The number of rotatable bonds is 0. The van der Waals surface area contributed by atoms with Crippen molar-refractivity contribution in [2.75, 3.05) is 0 Å². The van der Waals surface area contributed by atoms with Gasteiger partial charge in [-0.3, -0.25) is 0 Å². The molecule has 0 radical (unpaired) electrons. The Kier molecular flexibility index (Phi) is 28000. The first-order chi connectivity index (χ1) is 6.00. The van der Waals surface area contributed by atoms with Crippen molar-refractivity contribution in [1.29, 1.82) is 31.6 Å². The van der Waals surface area contributed by atoms with Gasteiger partial charge in [-0.15, -0.1) is 0 Å². The molecule has 0 saturated heterocycles. The number of nitriles is 6. The molecule has 0 amide bonds. The third kappa shape index (κ3) is 3970. The van der Waals surface area contributed by atoms with Gasteiger partial charge in [0.05, 0.1) is 0 Å². The van der Waals surface area contributed by atoms with Crippen LogP contribution < -0.4 is 0 Å². The van der Waals surface area contributed by atoms with Crippen LogP contribution in [0.2, 0.25) is 0 Å². The van der Waals surface area contributed by atoms with Crippen LogP contribution in [0.15, 0.2) is 0 Å². The summed E-state index contributed by atoms with van der Waals surface area (Å²) in [5.74, 6) is 0. The van der Waals surface area contributed by atoms with Gasteiger partial charge in [0.2, 0.25) is 0 Å². The SMILES string of the molecule is C#N.C#N.C#N.C#N.C#N.C#N.[Ca+2].[Fe].[H-].[H-].[Zn]. The van der Waals surface area contributed by atoms with Crippen LogP contribution in [-0.2, 0) is 36.5 Å². The second-order valence-corrected chi connectivity index (χ2v) is 0. The summed E-state index contributed by atoms with van der Waals surface area (Å²) in [6.07, 6.45) is 0. The molecule has 0 N–H and O–H groups in total. The minimum atomic E-state index is 0. The fourth-order valence-electron chi connectivity index (χ4n) is 0. The van der Waals surface area contributed by atoms with Crippen molar-refractivity contribution in [3.8, 4) is 39.4 Å². The third-order valence-electron chi connectivity index (χ3n) is 0. The molecule has 0 fully saturated rings. The van der Waals surface area contributed by atoms with E-state index in [0.29, 0.717) is 0 Å². The summed E-state index contributed by atoms with van der Waals surface area (Å²) in [7, 11) is 0. The molecule has 0 unspecified atom stereocenters. The van der Waals surface area contributed by atoms with Gasteiger partial charge in [-0.2, -0.15) is 0 Å². The van der Waals surface area contributed by atoms with Gasteiger partial charge in [-0.05, 0) is 0 Å². The molecule has 0 aliphatic heterocycles. The smallest absolute Gasteiger partial charge is 1.00 e. The predicted octanol–water partition coefficient (Wildman–Crippen LogP) is 0.678. The normalized spacial score (nSPS) is 0.800. The van der Waals surface area contributed by atoms with Crippen LogP contribution in [0.5, 0.6) is 0 Å². The molecule has 15 heavy (non-hydrogen) atoms. The third-order valence-corrected chi connectivity index (χ3v) is 0. The van der Waals surface area contributed by atoms with E-state index in [0.717, 1.165) is 0 Å². The summed E-state index contributed by atoms with van der Waals surface area (Å²) in [6, 6.07) is 0. The minimum absolute atomic E-state index is 0. The molecule has 0 heterocycles. The first kappa shape index (κ1) is 89.5. The van der Waals surface area contributed by atoms with E-state index in [9.17, 15) is 0 Å². The van der Waals surface area contributed by atoms with E-state index in [2.05, 4.69) is 39.4 Å². The molecule has 0 aromatic carbocycles. The van der Waals surface area contributed by atoms with E-state index in [-0.39, 0.29) is 77.1 Å². The van der Waals surface area contributed by atoms with Gasteiger partial charge in [0.25, 0.3) is 0 Å². The zero-order chi connectivity index (χ0) is 12.0. The Balaban J connectivity index is -0.00000000267. The summed E-state index contributed by atoms with van der Waals surface area (Å²) in [5.41, 5.74) is 0. The van der Waals surface area contributed by atoms with Crippen molar-refractivity contribution >= 4 is 37.7 Å². The van der Waals surface area contributed by atoms with Crippen LogP contribution in [0, 0.1) is 71.0 Å². The van der Waals surface area contributed by atoms with E-state index < -0.39 is 0 Å². The van der Waals surface area contributed by atoms with Crippen LogP contribution in [0.4, 0.5) is 0 Å². The van der Waals surface area contributed by atoms with E-state index in [1.54, 1.807) is 0 Å². The molecule has 6 nitrogen and oxygen atoms in total. The van der Waals surface area contributed by atoms with Crippen molar-refractivity contribution in [2.24, 2.45) is 0 Å². The maximum Gasteiger partial charge on any atom is 2.00 e. The van der Waals surface area contributed by atoms with Crippen molar-refractivity contribution in [2.45, 2.75) is 0 Å². The molecule has 74 valence electrons. The van der Waals surface area contributed by atoms with Gasteiger partial charge in [-0.25, -0.2) is 31.6 Å². The van der Waals surface area contributed by atoms with Crippen LogP contribution in [-0.4, -0.2) is 37.7 Å². The summed E-state index contributed by atoms with van der Waals surface area (Å²) in [4.78, 5) is 0. The molecule has 0 aliphatic carbocycles. The molecule has 0 aromatic rings. The predicted molar refractivity (Wildman–Crippen MR) is 48.0 cm³/mol. The molecule has 9 heteroatoms. The molecule has 0 atom stereocenters. The molecule has 0 rings (SSSR count). The fourth-order valence-corrected chi connectivity index (χ4v) is 0. The number of hydrogen-bond donors (Lipinski definition) is 0. The maximum absolute atomic E-state index is 6.50. The molecule has 0 aliphatic rings. The zero-order valence-corrected chi connectivity index (χ0v) is 14.2. The van der Waals surface area contributed by atoms with Crippen molar-refractivity contribution in [3.63, 3.8) is 0 Å². The average Bonchev–Trinajstić information content (AvgIpc) is 2.33. The van der Waals surface area contributed by atoms with Gasteiger partial charge in [0.15, 0.2) is 0 Å². The molecule has 0 bridgehead atoms. The van der Waals surface area contributed by atoms with Crippen LogP contribution in [0.3, 0.4) is 0 Å². The van der Waals surface area contributed by atoms with E-state index >= 15 is 0 Å². The Morgan fingerprint density at radius 3 is 0.467 bits per heavy atom. The first-order valence-corrected chi connectivity index (χ1v) is 1.55. The van der Waals surface area contributed by atoms with Crippen LogP contribution >= 0.6 is 0 Å². The average molecular weight is 325 g/mol. The van der Waals surface area contributed by atoms with Gasteiger partial charge in [0.1, 0.15) is 0 Å². The molecule has 0 saturated carbocycles. The second kappa shape index (κ2) is 4700.